The fourth-order valence-electron chi connectivity index (χ4n) is 4.09. The van der Waals surface area contributed by atoms with Gasteiger partial charge in [0.1, 0.15) is 0 Å². The summed E-state index contributed by atoms with van der Waals surface area (Å²) in [5.41, 5.74) is 5.05. The molecule has 2 aliphatic rings. The fraction of sp³-hybridized carbons (Fsp3) is 0.400. The second-order valence-electron chi connectivity index (χ2n) is 6.64. The average molecular weight is 341 g/mol. The van der Waals surface area contributed by atoms with E-state index in [0.29, 0.717) is 11.8 Å². The molecule has 1 atom stereocenters. The summed E-state index contributed by atoms with van der Waals surface area (Å²) in [7, 11) is 4.93. The van der Waals surface area contributed by atoms with E-state index in [1.807, 2.05) is 12.1 Å². The van der Waals surface area contributed by atoms with E-state index in [1.165, 1.54) is 22.3 Å². The first-order chi connectivity index (χ1) is 12.1. The second-order valence-corrected chi connectivity index (χ2v) is 6.64. The maximum Gasteiger partial charge on any atom is 0.161 e. The van der Waals surface area contributed by atoms with Crippen LogP contribution in [0.4, 0.5) is 0 Å². The van der Waals surface area contributed by atoms with Gasteiger partial charge in [-0.15, -0.1) is 0 Å². The molecule has 0 fully saturated rings. The molecule has 0 bridgehead atoms. The Bertz CT molecular complexity index is 818. The van der Waals surface area contributed by atoms with Gasteiger partial charge in [-0.05, 0) is 59.4 Å². The third-order valence-electron chi connectivity index (χ3n) is 5.40. The number of hydrogen-bond donors (Lipinski definition) is 1. The first-order valence-corrected chi connectivity index (χ1v) is 8.52. The first kappa shape index (κ1) is 16.1. The highest BCUT2D eigenvalue weighted by Gasteiger charge is 2.33. The lowest BCUT2D eigenvalue weighted by Gasteiger charge is -2.41. The Hall–Kier alpha value is -2.40. The van der Waals surface area contributed by atoms with Crippen LogP contribution in [0, 0.1) is 0 Å². The molecule has 0 saturated carbocycles. The van der Waals surface area contributed by atoms with E-state index in [9.17, 15) is 5.11 Å². The SMILES string of the molecule is COc1cc2c(cc1O)CCN1Cc3cc(OC)c(OC)cc3CC21. The number of ether oxygens (including phenoxy) is 3. The number of aromatic hydroxyl groups is 1. The number of nitrogens with zero attached hydrogens (tertiary/aromatic N) is 1. The van der Waals surface area contributed by atoms with Crippen LogP contribution >= 0.6 is 0 Å². The van der Waals surface area contributed by atoms with Gasteiger partial charge in [-0.2, -0.15) is 0 Å². The van der Waals surface area contributed by atoms with Gasteiger partial charge >= 0.3 is 0 Å². The summed E-state index contributed by atoms with van der Waals surface area (Å²) in [5.74, 6) is 2.31. The fourth-order valence-corrected chi connectivity index (χ4v) is 4.09. The van der Waals surface area contributed by atoms with Crippen LogP contribution in [0.25, 0.3) is 0 Å². The quantitative estimate of drug-likeness (QED) is 0.930. The summed E-state index contributed by atoms with van der Waals surface area (Å²) in [6, 6.07) is 8.33. The molecule has 2 aromatic rings. The van der Waals surface area contributed by atoms with E-state index in [-0.39, 0.29) is 5.75 Å². The monoisotopic (exact) mass is 341 g/mol. The van der Waals surface area contributed by atoms with Crippen LogP contribution in [0.1, 0.15) is 28.3 Å². The molecule has 0 amide bonds. The summed E-state index contributed by atoms with van der Waals surface area (Å²) < 4.78 is 16.2. The van der Waals surface area contributed by atoms with Gasteiger partial charge < -0.3 is 19.3 Å². The van der Waals surface area contributed by atoms with E-state index in [1.54, 1.807) is 21.3 Å². The minimum atomic E-state index is 0.220. The van der Waals surface area contributed by atoms with Gasteiger partial charge in [-0.1, -0.05) is 0 Å². The van der Waals surface area contributed by atoms with Gasteiger partial charge in [-0.25, -0.2) is 0 Å². The highest BCUT2D eigenvalue weighted by atomic mass is 16.5. The zero-order valence-electron chi connectivity index (χ0n) is 14.8. The smallest absolute Gasteiger partial charge is 0.161 e. The van der Waals surface area contributed by atoms with Gasteiger partial charge in [-0.3, -0.25) is 4.90 Å². The van der Waals surface area contributed by atoms with Crippen molar-refractivity contribution in [1.29, 1.82) is 0 Å². The maximum atomic E-state index is 10.1. The van der Waals surface area contributed by atoms with E-state index in [2.05, 4.69) is 17.0 Å². The Morgan fingerprint density at radius 2 is 1.56 bits per heavy atom. The number of benzene rings is 2. The Labute approximate surface area is 147 Å². The standard InChI is InChI=1S/C20H23NO4/c1-23-18-10-15-12(7-17(18)22)4-5-21-11-14-9-20(25-3)19(24-2)8-13(14)6-16(15)21/h7-10,16,22H,4-6,11H2,1-3H3. The van der Waals surface area contributed by atoms with E-state index in [0.717, 1.165) is 37.4 Å². The van der Waals surface area contributed by atoms with Gasteiger partial charge in [0.15, 0.2) is 23.0 Å². The van der Waals surface area contributed by atoms with Gasteiger partial charge in [0.2, 0.25) is 0 Å². The van der Waals surface area contributed by atoms with Crippen molar-refractivity contribution in [2.75, 3.05) is 27.9 Å². The summed E-state index contributed by atoms with van der Waals surface area (Å²) >= 11 is 0. The van der Waals surface area contributed by atoms with Crippen molar-refractivity contribution in [1.82, 2.24) is 4.90 Å². The van der Waals surface area contributed by atoms with E-state index >= 15 is 0 Å². The number of fused-ring (bicyclic) bond motifs is 4. The van der Waals surface area contributed by atoms with Crippen molar-refractivity contribution >= 4 is 0 Å². The molecular formula is C20H23NO4. The molecule has 25 heavy (non-hydrogen) atoms. The summed E-state index contributed by atoms with van der Waals surface area (Å²) in [4.78, 5) is 2.49. The van der Waals surface area contributed by atoms with Crippen molar-refractivity contribution < 1.29 is 19.3 Å². The normalized spacial score (nSPS) is 18.8. The molecule has 132 valence electrons. The largest absolute Gasteiger partial charge is 0.504 e. The lowest BCUT2D eigenvalue weighted by Crippen LogP contribution is -2.39. The third-order valence-corrected chi connectivity index (χ3v) is 5.40. The van der Waals surface area contributed by atoms with E-state index in [4.69, 9.17) is 14.2 Å². The molecule has 1 N–H and O–H groups in total. The Balaban J connectivity index is 1.76. The molecule has 2 heterocycles. The van der Waals surface area contributed by atoms with Crippen molar-refractivity contribution in [3.63, 3.8) is 0 Å². The summed E-state index contributed by atoms with van der Waals surface area (Å²) in [6.07, 6.45) is 1.85. The van der Waals surface area contributed by atoms with Crippen LogP contribution in [-0.4, -0.2) is 37.9 Å². The lowest BCUT2D eigenvalue weighted by molar-refractivity contribution is 0.160. The van der Waals surface area contributed by atoms with Gasteiger partial charge in [0.25, 0.3) is 0 Å². The second kappa shape index (κ2) is 6.15. The van der Waals surface area contributed by atoms with Crippen LogP contribution in [0.3, 0.4) is 0 Å². The highest BCUT2D eigenvalue weighted by molar-refractivity contribution is 5.52. The minimum Gasteiger partial charge on any atom is -0.504 e. The van der Waals surface area contributed by atoms with Crippen LogP contribution in [0.15, 0.2) is 24.3 Å². The predicted octanol–water partition coefficient (Wildman–Crippen LogP) is 3.07. The van der Waals surface area contributed by atoms with Crippen molar-refractivity contribution in [3.8, 4) is 23.0 Å². The Morgan fingerprint density at radius 1 is 0.880 bits per heavy atom. The van der Waals surface area contributed by atoms with Crippen LogP contribution in [0.5, 0.6) is 23.0 Å². The molecule has 0 saturated heterocycles. The number of phenolic OH excluding ortho intramolecular Hbond substituents is 1. The topological polar surface area (TPSA) is 51.2 Å². The zero-order chi connectivity index (χ0) is 17.6. The Morgan fingerprint density at radius 3 is 2.24 bits per heavy atom. The molecule has 2 aromatic carbocycles. The minimum absolute atomic E-state index is 0.220. The molecule has 0 aromatic heterocycles. The van der Waals surface area contributed by atoms with Crippen molar-refractivity contribution in [3.05, 3.63) is 46.5 Å². The first-order valence-electron chi connectivity index (χ1n) is 8.52. The number of phenols is 1. The predicted molar refractivity (Wildman–Crippen MR) is 94.8 cm³/mol. The van der Waals surface area contributed by atoms with Crippen LogP contribution in [0.2, 0.25) is 0 Å². The maximum absolute atomic E-state index is 10.1. The van der Waals surface area contributed by atoms with E-state index < -0.39 is 0 Å². The number of methoxy groups -OCH3 is 3. The molecule has 2 aliphatic heterocycles. The molecular weight excluding hydrogens is 318 g/mol. The summed E-state index contributed by atoms with van der Waals surface area (Å²) in [6.45, 7) is 1.88. The average Bonchev–Trinajstić information content (AvgIpc) is 2.64. The molecule has 1 unspecified atom stereocenters. The van der Waals surface area contributed by atoms with Gasteiger partial charge in [0, 0.05) is 19.1 Å². The zero-order valence-corrected chi connectivity index (χ0v) is 14.8. The summed E-state index contributed by atoms with van der Waals surface area (Å²) in [5, 5.41) is 10.1. The molecule has 0 spiro atoms. The van der Waals surface area contributed by atoms with Crippen LogP contribution in [-0.2, 0) is 19.4 Å². The van der Waals surface area contributed by atoms with Gasteiger partial charge in [0.05, 0.1) is 21.3 Å². The Kier molecular flexibility index (Phi) is 3.96. The third kappa shape index (κ3) is 2.59. The number of rotatable bonds is 3. The molecule has 4 rings (SSSR count). The molecule has 0 radical (unpaired) electrons. The molecule has 0 aliphatic carbocycles. The van der Waals surface area contributed by atoms with Crippen molar-refractivity contribution in [2.24, 2.45) is 0 Å². The molecule has 5 nitrogen and oxygen atoms in total. The molecule has 5 heteroatoms. The number of hydrogen-bond acceptors (Lipinski definition) is 5. The highest BCUT2D eigenvalue weighted by Crippen LogP contribution is 2.44. The lowest BCUT2D eigenvalue weighted by atomic mass is 9.83. The van der Waals surface area contributed by atoms with Crippen molar-refractivity contribution in [2.45, 2.75) is 25.4 Å². The van der Waals surface area contributed by atoms with Crippen LogP contribution < -0.4 is 14.2 Å².